The molecule has 1 amide bonds. The summed E-state index contributed by atoms with van der Waals surface area (Å²) in [5.74, 6) is 0.585. The summed E-state index contributed by atoms with van der Waals surface area (Å²) in [6, 6.07) is 6.09. The maximum atomic E-state index is 10.6. The number of amides is 1. The van der Waals surface area contributed by atoms with E-state index in [9.17, 15) is 4.79 Å². The molecule has 4 nitrogen and oxygen atoms in total. The molecule has 2 unspecified atom stereocenters. The molecule has 134 valence electrons. The monoisotopic (exact) mass is 331 g/mol. The molecule has 1 aromatic carbocycles. The molecule has 24 heavy (non-hydrogen) atoms. The molecular weight excluding hydrogens is 298 g/mol. The first-order valence-corrected chi connectivity index (χ1v) is 9.33. The van der Waals surface area contributed by atoms with Crippen molar-refractivity contribution in [2.45, 2.75) is 58.3 Å². The minimum atomic E-state index is 0.147. The molecule has 0 aliphatic carbocycles. The summed E-state index contributed by atoms with van der Waals surface area (Å²) in [6.45, 7) is 10.5. The predicted octanol–water partition coefficient (Wildman–Crippen LogP) is 4.02. The van der Waals surface area contributed by atoms with E-state index in [1.54, 1.807) is 0 Å². The van der Waals surface area contributed by atoms with E-state index in [1.807, 2.05) is 12.1 Å². The highest BCUT2D eigenvalue weighted by molar-refractivity contribution is 5.80. The molecule has 0 spiro atoms. The zero-order valence-electron chi connectivity index (χ0n) is 15.5. The Morgan fingerprint density at radius 2 is 2.17 bits per heavy atom. The number of carbonyl (C=O) groups is 1. The standard InChI is InChI=1S/C20H33N3O/c1-4-5-6-7-11-23-12-10-20(3,16(2)14-23)17-8-9-19(22-15-24)18(21)13-17/h8-9,13,15-16H,4-7,10-12,14,21H2,1-3H3,(H,22,24). The number of nitrogen functional groups attached to an aromatic ring is 1. The molecule has 1 saturated heterocycles. The Kier molecular flexibility index (Phi) is 6.67. The van der Waals surface area contributed by atoms with E-state index in [4.69, 9.17) is 5.73 Å². The molecule has 1 heterocycles. The highest BCUT2D eigenvalue weighted by atomic mass is 16.1. The minimum absolute atomic E-state index is 0.147. The van der Waals surface area contributed by atoms with E-state index in [2.05, 4.69) is 37.1 Å². The molecule has 1 aliphatic heterocycles. The first kappa shape index (κ1) is 18.8. The molecule has 3 N–H and O–H groups in total. The van der Waals surface area contributed by atoms with Crippen molar-refractivity contribution in [3.8, 4) is 0 Å². The highest BCUT2D eigenvalue weighted by Gasteiger charge is 2.37. The van der Waals surface area contributed by atoms with Crippen molar-refractivity contribution < 1.29 is 4.79 Å². The van der Waals surface area contributed by atoms with Crippen LogP contribution in [-0.2, 0) is 10.2 Å². The second-order valence-corrected chi connectivity index (χ2v) is 7.49. The van der Waals surface area contributed by atoms with E-state index in [1.165, 1.54) is 37.8 Å². The third-order valence-electron chi connectivity index (χ3n) is 5.82. The SMILES string of the molecule is CCCCCCN1CCC(C)(c2ccc(NC=O)c(N)c2)C(C)C1. The van der Waals surface area contributed by atoms with Crippen LogP contribution in [0.1, 0.15) is 58.4 Å². The van der Waals surface area contributed by atoms with Crippen molar-refractivity contribution in [3.05, 3.63) is 23.8 Å². The van der Waals surface area contributed by atoms with Crippen molar-refractivity contribution in [2.24, 2.45) is 5.92 Å². The van der Waals surface area contributed by atoms with E-state index in [-0.39, 0.29) is 5.41 Å². The first-order valence-electron chi connectivity index (χ1n) is 9.33. The smallest absolute Gasteiger partial charge is 0.211 e. The van der Waals surface area contributed by atoms with Crippen molar-refractivity contribution >= 4 is 17.8 Å². The van der Waals surface area contributed by atoms with Crippen LogP contribution in [0, 0.1) is 5.92 Å². The van der Waals surface area contributed by atoms with Crippen LogP contribution < -0.4 is 11.1 Å². The van der Waals surface area contributed by atoms with Crippen LogP contribution in [0.15, 0.2) is 18.2 Å². The quantitative estimate of drug-likeness (QED) is 0.430. The number of nitrogens with one attached hydrogen (secondary N) is 1. The third-order valence-corrected chi connectivity index (χ3v) is 5.82. The van der Waals surface area contributed by atoms with Gasteiger partial charge < -0.3 is 16.0 Å². The van der Waals surface area contributed by atoms with Crippen molar-refractivity contribution in [1.29, 1.82) is 0 Å². The van der Waals surface area contributed by atoms with Gasteiger partial charge in [0.2, 0.25) is 6.41 Å². The lowest BCUT2D eigenvalue weighted by molar-refractivity contribution is -0.105. The third kappa shape index (κ3) is 4.29. The summed E-state index contributed by atoms with van der Waals surface area (Å²) in [4.78, 5) is 13.2. The molecule has 4 heteroatoms. The summed E-state index contributed by atoms with van der Waals surface area (Å²) in [6.07, 6.45) is 7.14. The van der Waals surface area contributed by atoms with Gasteiger partial charge in [-0.05, 0) is 55.0 Å². The fourth-order valence-electron chi connectivity index (χ4n) is 3.82. The maximum absolute atomic E-state index is 10.6. The van der Waals surface area contributed by atoms with Gasteiger partial charge in [0.05, 0.1) is 11.4 Å². The fraction of sp³-hybridized carbons (Fsp3) is 0.650. The van der Waals surface area contributed by atoms with E-state index >= 15 is 0 Å². The molecule has 1 fully saturated rings. The second-order valence-electron chi connectivity index (χ2n) is 7.49. The number of rotatable bonds is 8. The van der Waals surface area contributed by atoms with Crippen LogP contribution in [0.4, 0.5) is 11.4 Å². The van der Waals surface area contributed by atoms with E-state index < -0.39 is 0 Å². The zero-order chi connectivity index (χ0) is 17.6. The molecule has 0 saturated carbocycles. The number of piperidine rings is 1. The highest BCUT2D eigenvalue weighted by Crippen LogP contribution is 2.40. The van der Waals surface area contributed by atoms with E-state index in [0.29, 0.717) is 23.7 Å². The summed E-state index contributed by atoms with van der Waals surface area (Å²) in [5, 5.41) is 2.66. The summed E-state index contributed by atoms with van der Waals surface area (Å²) in [5.41, 5.74) is 8.88. The minimum Gasteiger partial charge on any atom is -0.397 e. The number of carbonyl (C=O) groups excluding carboxylic acids is 1. The Bertz CT molecular complexity index is 546. The Hall–Kier alpha value is -1.55. The normalized spacial score (nSPS) is 24.7. The molecule has 0 radical (unpaired) electrons. The average molecular weight is 332 g/mol. The van der Waals surface area contributed by atoms with Crippen LogP contribution in [0.5, 0.6) is 0 Å². The lowest BCUT2D eigenvalue weighted by Crippen LogP contribution is -2.47. The predicted molar refractivity (Wildman–Crippen MR) is 102 cm³/mol. The van der Waals surface area contributed by atoms with Crippen LogP contribution in [0.3, 0.4) is 0 Å². The number of hydrogen-bond donors (Lipinski definition) is 2. The van der Waals surface area contributed by atoms with Crippen LogP contribution in [0.2, 0.25) is 0 Å². The van der Waals surface area contributed by atoms with Gasteiger partial charge in [-0.3, -0.25) is 4.79 Å². The van der Waals surface area contributed by atoms with E-state index in [0.717, 1.165) is 19.5 Å². The van der Waals surface area contributed by atoms with Gasteiger partial charge in [-0.15, -0.1) is 0 Å². The van der Waals surface area contributed by atoms with Gasteiger partial charge in [-0.25, -0.2) is 0 Å². The molecular formula is C20H33N3O. The van der Waals surface area contributed by atoms with Crippen LogP contribution in [-0.4, -0.2) is 30.9 Å². The second kappa shape index (κ2) is 8.52. The van der Waals surface area contributed by atoms with Crippen molar-refractivity contribution in [2.75, 3.05) is 30.7 Å². The Morgan fingerprint density at radius 3 is 2.79 bits per heavy atom. The van der Waals surface area contributed by atoms with Gasteiger partial charge in [0, 0.05) is 6.54 Å². The molecule has 2 rings (SSSR count). The molecule has 1 aliphatic rings. The number of nitrogens with two attached hydrogens (primary N) is 1. The van der Waals surface area contributed by atoms with Crippen LogP contribution >= 0.6 is 0 Å². The summed E-state index contributed by atoms with van der Waals surface area (Å²) >= 11 is 0. The number of benzene rings is 1. The number of anilines is 2. The maximum Gasteiger partial charge on any atom is 0.211 e. The number of likely N-dealkylation sites (tertiary alicyclic amines) is 1. The largest absolute Gasteiger partial charge is 0.397 e. The van der Waals surface area contributed by atoms with Crippen molar-refractivity contribution in [3.63, 3.8) is 0 Å². The van der Waals surface area contributed by atoms with Gasteiger partial charge >= 0.3 is 0 Å². The number of nitrogens with zero attached hydrogens (tertiary/aromatic N) is 1. The van der Waals surface area contributed by atoms with Crippen LogP contribution in [0.25, 0.3) is 0 Å². The average Bonchev–Trinajstić information content (AvgIpc) is 2.57. The molecule has 1 aromatic rings. The first-order chi connectivity index (χ1) is 11.5. The summed E-state index contributed by atoms with van der Waals surface area (Å²) < 4.78 is 0. The van der Waals surface area contributed by atoms with Gasteiger partial charge in [-0.2, -0.15) is 0 Å². The lowest BCUT2D eigenvalue weighted by atomic mass is 9.68. The van der Waals surface area contributed by atoms with Gasteiger partial charge in [0.25, 0.3) is 0 Å². The fourth-order valence-corrected chi connectivity index (χ4v) is 3.82. The van der Waals surface area contributed by atoms with Gasteiger partial charge in [0.15, 0.2) is 0 Å². The Labute approximate surface area is 146 Å². The van der Waals surface area contributed by atoms with Gasteiger partial charge in [0.1, 0.15) is 0 Å². The topological polar surface area (TPSA) is 58.4 Å². The Morgan fingerprint density at radius 1 is 1.38 bits per heavy atom. The molecule has 2 atom stereocenters. The summed E-state index contributed by atoms with van der Waals surface area (Å²) in [7, 11) is 0. The zero-order valence-corrected chi connectivity index (χ0v) is 15.5. The lowest BCUT2D eigenvalue weighted by Gasteiger charge is -2.45. The number of unbranched alkanes of at least 4 members (excludes halogenated alkanes) is 3. The molecule has 0 aromatic heterocycles. The Balaban J connectivity index is 2.01. The molecule has 0 bridgehead atoms. The van der Waals surface area contributed by atoms with Gasteiger partial charge in [-0.1, -0.05) is 46.1 Å². The van der Waals surface area contributed by atoms with Crippen molar-refractivity contribution in [1.82, 2.24) is 4.90 Å². The number of hydrogen-bond acceptors (Lipinski definition) is 3.